The van der Waals surface area contributed by atoms with Crippen molar-refractivity contribution in [2.24, 2.45) is 11.7 Å². The number of primary amides is 1. The summed E-state index contributed by atoms with van der Waals surface area (Å²) in [5, 5.41) is 11.3. The highest BCUT2D eigenvalue weighted by molar-refractivity contribution is 5.96. The molecule has 0 aromatic heterocycles. The Balaban J connectivity index is 2.73. The summed E-state index contributed by atoms with van der Waals surface area (Å²) in [5.74, 6) is -1.53. The first-order chi connectivity index (χ1) is 8.08. The van der Waals surface area contributed by atoms with E-state index in [0.29, 0.717) is 17.7 Å². The first kappa shape index (κ1) is 12.7. The van der Waals surface area contributed by atoms with Gasteiger partial charge < -0.3 is 11.1 Å². The molecule has 0 aliphatic heterocycles. The maximum Gasteiger partial charge on any atom is 0.248 e. The summed E-state index contributed by atoms with van der Waals surface area (Å²) in [4.78, 5) is 22.4. The van der Waals surface area contributed by atoms with Crippen LogP contribution in [0, 0.1) is 17.2 Å². The van der Waals surface area contributed by atoms with E-state index < -0.39 is 11.8 Å². The minimum atomic E-state index is -0.661. The van der Waals surface area contributed by atoms with Crippen LogP contribution < -0.4 is 11.1 Å². The first-order valence-corrected chi connectivity index (χ1v) is 5.18. The summed E-state index contributed by atoms with van der Waals surface area (Å²) in [6.07, 6.45) is 0.460. The second kappa shape index (κ2) is 5.66. The summed E-state index contributed by atoms with van der Waals surface area (Å²) in [7, 11) is 0. The van der Waals surface area contributed by atoms with Crippen LogP contribution in [0.3, 0.4) is 0 Å². The zero-order valence-corrected chi connectivity index (χ0v) is 9.43. The molecule has 0 fully saturated rings. The lowest BCUT2D eigenvalue weighted by Crippen LogP contribution is -2.21. The summed E-state index contributed by atoms with van der Waals surface area (Å²) in [6, 6.07) is 8.10. The zero-order valence-electron chi connectivity index (χ0n) is 9.43. The van der Waals surface area contributed by atoms with Crippen LogP contribution in [0.4, 0.5) is 5.69 Å². The molecule has 1 aromatic rings. The van der Waals surface area contributed by atoms with Gasteiger partial charge >= 0.3 is 0 Å². The molecule has 0 heterocycles. The van der Waals surface area contributed by atoms with Crippen LogP contribution in [0.1, 0.15) is 23.7 Å². The van der Waals surface area contributed by atoms with Crippen molar-refractivity contribution in [3.05, 3.63) is 29.8 Å². The van der Waals surface area contributed by atoms with Gasteiger partial charge in [-0.25, -0.2) is 0 Å². The maximum atomic E-state index is 11.6. The van der Waals surface area contributed by atoms with Crippen molar-refractivity contribution in [3.8, 4) is 6.07 Å². The van der Waals surface area contributed by atoms with Crippen molar-refractivity contribution in [1.82, 2.24) is 0 Å². The third-order valence-electron chi connectivity index (χ3n) is 2.32. The van der Waals surface area contributed by atoms with Crippen LogP contribution in [0.2, 0.25) is 0 Å². The predicted molar refractivity (Wildman–Crippen MR) is 63.0 cm³/mol. The van der Waals surface area contributed by atoms with Crippen molar-refractivity contribution < 1.29 is 9.59 Å². The average molecular weight is 231 g/mol. The third kappa shape index (κ3) is 3.31. The molecule has 0 saturated heterocycles. The summed E-state index contributed by atoms with van der Waals surface area (Å²) in [5.41, 5.74) is 5.99. The van der Waals surface area contributed by atoms with Gasteiger partial charge in [0.25, 0.3) is 0 Å². The number of hydrogen-bond donors (Lipinski definition) is 2. The molecule has 0 bridgehead atoms. The molecule has 0 spiro atoms. The van der Waals surface area contributed by atoms with Gasteiger partial charge in [0, 0.05) is 11.3 Å². The van der Waals surface area contributed by atoms with Crippen molar-refractivity contribution in [2.45, 2.75) is 13.3 Å². The number of carbonyl (C=O) groups excluding carboxylic acids is 2. The van der Waals surface area contributed by atoms with E-state index in [1.807, 2.05) is 6.07 Å². The van der Waals surface area contributed by atoms with Crippen LogP contribution in [0.5, 0.6) is 0 Å². The highest BCUT2D eigenvalue weighted by Crippen LogP contribution is 2.11. The number of nitriles is 1. The topological polar surface area (TPSA) is 96.0 Å². The average Bonchev–Trinajstić information content (AvgIpc) is 2.31. The van der Waals surface area contributed by atoms with Crippen molar-refractivity contribution >= 4 is 17.5 Å². The number of benzene rings is 1. The minimum Gasteiger partial charge on any atom is -0.366 e. The normalized spacial score (nSPS) is 11.3. The number of carbonyl (C=O) groups is 2. The van der Waals surface area contributed by atoms with Crippen LogP contribution >= 0.6 is 0 Å². The van der Waals surface area contributed by atoms with Gasteiger partial charge in [-0.05, 0) is 30.7 Å². The molecule has 5 heteroatoms. The number of rotatable bonds is 4. The third-order valence-corrected chi connectivity index (χ3v) is 2.32. The summed E-state index contributed by atoms with van der Waals surface area (Å²) in [6.45, 7) is 1.77. The Morgan fingerprint density at radius 1 is 1.41 bits per heavy atom. The van der Waals surface area contributed by atoms with E-state index in [-0.39, 0.29) is 5.91 Å². The van der Waals surface area contributed by atoms with Crippen molar-refractivity contribution in [2.75, 3.05) is 5.32 Å². The lowest BCUT2D eigenvalue weighted by Gasteiger charge is -2.08. The van der Waals surface area contributed by atoms with Gasteiger partial charge in [-0.15, -0.1) is 0 Å². The van der Waals surface area contributed by atoms with Crippen LogP contribution in [-0.2, 0) is 4.79 Å². The highest BCUT2D eigenvalue weighted by atomic mass is 16.2. The van der Waals surface area contributed by atoms with Gasteiger partial charge in [0.15, 0.2) is 0 Å². The largest absolute Gasteiger partial charge is 0.366 e. The van der Waals surface area contributed by atoms with E-state index in [1.165, 1.54) is 12.1 Å². The Hall–Kier alpha value is -2.35. The number of nitrogens with two attached hydrogens (primary N) is 1. The van der Waals surface area contributed by atoms with Gasteiger partial charge in [0.05, 0.1) is 6.07 Å². The molecule has 2 amide bonds. The first-order valence-electron chi connectivity index (χ1n) is 5.18. The number of hydrogen-bond acceptors (Lipinski definition) is 3. The van der Waals surface area contributed by atoms with Gasteiger partial charge in [0.2, 0.25) is 11.8 Å². The molecule has 0 aliphatic carbocycles. The van der Waals surface area contributed by atoms with Gasteiger partial charge in [-0.2, -0.15) is 5.26 Å². The molecule has 1 unspecified atom stereocenters. The fourth-order valence-electron chi connectivity index (χ4n) is 1.28. The minimum absolute atomic E-state index is 0.346. The second-order valence-corrected chi connectivity index (χ2v) is 3.52. The summed E-state index contributed by atoms with van der Waals surface area (Å²) >= 11 is 0. The second-order valence-electron chi connectivity index (χ2n) is 3.52. The van der Waals surface area contributed by atoms with E-state index in [9.17, 15) is 9.59 Å². The molecule has 0 aliphatic rings. The standard InChI is InChI=1S/C12H13N3O2/c1-2-8(7-13)12(17)15-10-5-3-9(4-6-10)11(14)16/h3-6,8H,2H2,1H3,(H2,14,16)(H,15,17). The van der Waals surface area contributed by atoms with E-state index in [0.717, 1.165) is 0 Å². The quantitative estimate of drug-likeness (QED) is 0.816. The molecule has 88 valence electrons. The molecule has 3 N–H and O–H groups in total. The molecular formula is C12H13N3O2. The SMILES string of the molecule is CCC(C#N)C(=O)Nc1ccc(C(N)=O)cc1. The van der Waals surface area contributed by atoms with E-state index in [2.05, 4.69) is 5.32 Å². The molecule has 0 radical (unpaired) electrons. The van der Waals surface area contributed by atoms with E-state index in [4.69, 9.17) is 11.0 Å². The number of amides is 2. The molecule has 5 nitrogen and oxygen atoms in total. The van der Waals surface area contributed by atoms with Crippen molar-refractivity contribution in [1.29, 1.82) is 5.26 Å². The smallest absolute Gasteiger partial charge is 0.248 e. The van der Waals surface area contributed by atoms with Crippen molar-refractivity contribution in [3.63, 3.8) is 0 Å². The monoisotopic (exact) mass is 231 g/mol. The Labute approximate surface area is 99.2 Å². The van der Waals surface area contributed by atoms with Gasteiger partial charge in [0.1, 0.15) is 5.92 Å². The Kier molecular flexibility index (Phi) is 4.23. The zero-order chi connectivity index (χ0) is 12.8. The maximum absolute atomic E-state index is 11.6. The molecular weight excluding hydrogens is 218 g/mol. The lowest BCUT2D eigenvalue weighted by molar-refractivity contribution is -0.118. The fourth-order valence-corrected chi connectivity index (χ4v) is 1.28. The molecule has 1 atom stereocenters. The molecule has 1 rings (SSSR count). The van der Waals surface area contributed by atoms with E-state index in [1.54, 1.807) is 19.1 Å². The molecule has 17 heavy (non-hydrogen) atoms. The van der Waals surface area contributed by atoms with Crippen LogP contribution in [-0.4, -0.2) is 11.8 Å². The number of anilines is 1. The van der Waals surface area contributed by atoms with Crippen LogP contribution in [0.25, 0.3) is 0 Å². The highest BCUT2D eigenvalue weighted by Gasteiger charge is 2.15. The molecule has 1 aromatic carbocycles. The number of nitrogens with zero attached hydrogens (tertiary/aromatic N) is 1. The molecule has 0 saturated carbocycles. The van der Waals surface area contributed by atoms with Gasteiger partial charge in [-0.3, -0.25) is 9.59 Å². The predicted octanol–water partition coefficient (Wildman–Crippen LogP) is 1.27. The van der Waals surface area contributed by atoms with Gasteiger partial charge in [-0.1, -0.05) is 6.92 Å². The Bertz CT molecular complexity index is 460. The Morgan fingerprint density at radius 2 is 2.00 bits per heavy atom. The summed E-state index contributed by atoms with van der Waals surface area (Å²) < 4.78 is 0. The lowest BCUT2D eigenvalue weighted by atomic mass is 10.1. The Morgan fingerprint density at radius 3 is 2.41 bits per heavy atom. The van der Waals surface area contributed by atoms with Crippen LogP contribution in [0.15, 0.2) is 24.3 Å². The van der Waals surface area contributed by atoms with E-state index >= 15 is 0 Å². The number of nitrogens with one attached hydrogen (secondary N) is 1. The fraction of sp³-hybridized carbons (Fsp3) is 0.250.